The maximum absolute atomic E-state index is 14.5. The third kappa shape index (κ3) is 4.52. The maximum Gasteiger partial charge on any atom is 0.255 e. The summed E-state index contributed by atoms with van der Waals surface area (Å²) in [5.74, 6) is -5.62. The molecule has 0 aromatic heterocycles. The number of nitrogens with zero attached hydrogens (tertiary/aromatic N) is 2. The van der Waals surface area contributed by atoms with Gasteiger partial charge in [-0.05, 0) is 44.1 Å². The number of benzene rings is 2. The fourth-order valence-corrected chi connectivity index (χ4v) is 7.84. The molecule has 0 fully saturated rings. The minimum atomic E-state index is -2.81. The smallest absolute Gasteiger partial charge is 0.255 e. The number of rotatable bonds is 6. The van der Waals surface area contributed by atoms with Crippen LogP contribution in [0.25, 0.3) is 0 Å². The van der Waals surface area contributed by atoms with Crippen LogP contribution in [0.5, 0.6) is 5.75 Å². The highest BCUT2D eigenvalue weighted by Gasteiger charge is 2.71. The SMILES string of the molecule is CN(C)c1cc(NC(=N)NCc2ccccc2)c(O)c2c1C[C@@]1(C)C[C@@]3(C)C(N(C)C)C(O)=C(C(N)=O)C(=O)[C@@]3(O)C(O)=C1C2=O. The highest BCUT2D eigenvalue weighted by atomic mass is 16.4. The Balaban J connectivity index is 1.66. The van der Waals surface area contributed by atoms with Gasteiger partial charge in [0.2, 0.25) is 5.78 Å². The molecule has 3 aliphatic carbocycles. The second-order valence-electron chi connectivity index (χ2n) is 13.3. The van der Waals surface area contributed by atoms with Crippen molar-refractivity contribution in [3.63, 3.8) is 0 Å². The third-order valence-electron chi connectivity index (χ3n) is 9.66. The molecule has 0 spiro atoms. The largest absolute Gasteiger partial charge is 0.510 e. The van der Waals surface area contributed by atoms with Crippen LogP contribution in [0.4, 0.5) is 11.4 Å². The number of carbonyl (C=O) groups excluding carboxylic acids is 3. The van der Waals surface area contributed by atoms with Crippen LogP contribution in [0.2, 0.25) is 0 Å². The topological polar surface area (TPSA) is 213 Å². The Morgan fingerprint density at radius 2 is 1.72 bits per heavy atom. The van der Waals surface area contributed by atoms with Crippen LogP contribution in [0.3, 0.4) is 0 Å². The van der Waals surface area contributed by atoms with Crippen LogP contribution >= 0.6 is 0 Å². The van der Waals surface area contributed by atoms with Crippen molar-refractivity contribution in [2.24, 2.45) is 16.6 Å². The number of hydrogen-bond donors (Lipinski definition) is 8. The van der Waals surface area contributed by atoms with Crippen molar-refractivity contribution < 1.29 is 34.8 Å². The maximum atomic E-state index is 14.5. The van der Waals surface area contributed by atoms with E-state index in [-0.39, 0.29) is 35.6 Å². The molecule has 5 rings (SSSR count). The molecule has 0 bridgehead atoms. The summed E-state index contributed by atoms with van der Waals surface area (Å²) in [6.07, 6.45) is 0.0269. The molecule has 0 radical (unpaired) electrons. The third-order valence-corrected chi connectivity index (χ3v) is 9.66. The van der Waals surface area contributed by atoms with E-state index >= 15 is 0 Å². The number of aromatic hydroxyl groups is 1. The Kier molecular flexibility index (Phi) is 7.69. The van der Waals surface area contributed by atoms with Crippen LogP contribution in [-0.2, 0) is 22.6 Å². The number of aliphatic hydroxyl groups is 3. The highest BCUT2D eigenvalue weighted by molar-refractivity contribution is 6.25. The van der Waals surface area contributed by atoms with E-state index in [1.54, 1.807) is 46.1 Å². The van der Waals surface area contributed by atoms with Gasteiger partial charge >= 0.3 is 0 Å². The van der Waals surface area contributed by atoms with Gasteiger partial charge in [-0.1, -0.05) is 44.2 Å². The molecule has 9 N–H and O–H groups in total. The van der Waals surface area contributed by atoms with E-state index in [1.165, 1.54) is 11.8 Å². The Morgan fingerprint density at radius 3 is 2.28 bits per heavy atom. The number of likely N-dealkylation sites (N-methyl/N-ethyl adjacent to an activating group) is 1. The van der Waals surface area contributed by atoms with E-state index in [1.807, 2.05) is 30.3 Å². The number of carbonyl (C=O) groups is 3. The van der Waals surface area contributed by atoms with E-state index < -0.39 is 62.8 Å². The first kappa shape index (κ1) is 32.5. The molecule has 0 heterocycles. The van der Waals surface area contributed by atoms with Gasteiger partial charge in [-0.3, -0.25) is 24.7 Å². The van der Waals surface area contributed by atoms with Crippen LogP contribution < -0.4 is 21.3 Å². The van der Waals surface area contributed by atoms with Crippen molar-refractivity contribution in [3.8, 4) is 5.75 Å². The van der Waals surface area contributed by atoms with E-state index in [0.29, 0.717) is 17.8 Å². The second-order valence-corrected chi connectivity index (χ2v) is 13.3. The van der Waals surface area contributed by atoms with Gasteiger partial charge in [-0.25, -0.2) is 0 Å². The first-order chi connectivity index (χ1) is 21.4. The standard InChI is InChI=1S/C33H40N6O7/c1-31-13-17-19(38(3)4)12-18(37-30(35)36-14-16-10-8-7-9-11-16)23(40)20(17)24(41)22(31)28(44)33(46)27(43)21(29(34)45)25(42)26(39(5)6)32(33,2)15-31/h7-12,26,40,42,44,46H,13-15H2,1-6H3,(H2,34,45)(H3,35,36,37)/t26?,31-,32-,33+/m0/s1. The molecule has 13 nitrogen and oxygen atoms in total. The van der Waals surface area contributed by atoms with E-state index in [4.69, 9.17) is 11.1 Å². The molecule has 2 aromatic rings. The average Bonchev–Trinajstić information content (AvgIpc) is 2.95. The van der Waals surface area contributed by atoms with Crippen molar-refractivity contribution in [1.82, 2.24) is 10.2 Å². The summed E-state index contributed by atoms with van der Waals surface area (Å²) in [4.78, 5) is 43.9. The normalized spacial score (nSPS) is 27.2. The molecular weight excluding hydrogens is 592 g/mol. The molecular formula is C33H40N6O7. The number of aliphatic hydroxyl groups excluding tert-OH is 2. The average molecular weight is 633 g/mol. The van der Waals surface area contributed by atoms with Crippen LogP contribution in [0.15, 0.2) is 59.1 Å². The number of hydrogen-bond acceptors (Lipinski definition) is 10. The van der Waals surface area contributed by atoms with Crippen molar-refractivity contribution >= 4 is 34.8 Å². The summed E-state index contributed by atoms with van der Waals surface area (Å²) in [6, 6.07) is 9.88. The lowest BCUT2D eigenvalue weighted by Crippen LogP contribution is -2.70. The van der Waals surface area contributed by atoms with Crippen molar-refractivity contribution in [2.45, 2.75) is 44.9 Å². The Morgan fingerprint density at radius 1 is 1.09 bits per heavy atom. The highest BCUT2D eigenvalue weighted by Crippen LogP contribution is 2.63. The number of nitrogens with one attached hydrogen (secondary N) is 3. The zero-order valence-electron chi connectivity index (χ0n) is 26.6. The number of phenols is 1. The molecule has 1 unspecified atom stereocenters. The number of ketones is 2. The van der Waals surface area contributed by atoms with Crippen LogP contribution in [-0.4, -0.2) is 88.6 Å². The summed E-state index contributed by atoms with van der Waals surface area (Å²) in [6.45, 7) is 3.57. The summed E-state index contributed by atoms with van der Waals surface area (Å²) >= 11 is 0. The zero-order chi connectivity index (χ0) is 34.1. The first-order valence-corrected chi connectivity index (χ1v) is 14.8. The summed E-state index contributed by atoms with van der Waals surface area (Å²) in [7, 11) is 6.71. The van der Waals surface area contributed by atoms with Gasteiger partial charge in [0.15, 0.2) is 23.1 Å². The molecule has 4 atom stereocenters. The van der Waals surface area contributed by atoms with Gasteiger partial charge in [0.25, 0.3) is 5.91 Å². The van der Waals surface area contributed by atoms with E-state index in [2.05, 4.69) is 10.6 Å². The molecule has 0 saturated carbocycles. The van der Waals surface area contributed by atoms with Gasteiger partial charge in [0.05, 0.1) is 17.3 Å². The number of primary amides is 1. The number of Topliss-reactive ketones (excluding diaryl/α,β-unsaturated/α-hetero) is 2. The molecule has 244 valence electrons. The number of phenolic OH excluding ortho intramolecular Hbond substituents is 1. The Bertz CT molecular complexity index is 1750. The number of fused-ring (bicyclic) bond motifs is 3. The lowest BCUT2D eigenvalue weighted by molar-refractivity contribution is -0.169. The molecule has 46 heavy (non-hydrogen) atoms. The second kappa shape index (κ2) is 10.9. The predicted molar refractivity (Wildman–Crippen MR) is 172 cm³/mol. The van der Waals surface area contributed by atoms with Gasteiger partial charge in [0, 0.05) is 42.7 Å². The van der Waals surface area contributed by atoms with Crippen molar-refractivity contribution in [3.05, 3.63) is 75.8 Å². The number of allylic oxidation sites excluding steroid dienone is 1. The van der Waals surface area contributed by atoms with Crippen molar-refractivity contribution in [2.75, 3.05) is 38.4 Å². The Labute approximate surface area is 266 Å². The van der Waals surface area contributed by atoms with Gasteiger partial charge in [-0.15, -0.1) is 0 Å². The number of nitrogens with two attached hydrogens (primary N) is 1. The Hall–Kier alpha value is -4.88. The van der Waals surface area contributed by atoms with Crippen molar-refractivity contribution in [1.29, 1.82) is 5.41 Å². The first-order valence-electron chi connectivity index (χ1n) is 14.8. The van der Waals surface area contributed by atoms with Gasteiger partial charge < -0.3 is 41.7 Å². The summed E-state index contributed by atoms with van der Waals surface area (Å²) in [5, 5.41) is 60.9. The zero-order valence-corrected chi connectivity index (χ0v) is 26.6. The van der Waals surface area contributed by atoms with Crippen LogP contribution in [0, 0.1) is 16.2 Å². The monoisotopic (exact) mass is 632 g/mol. The lowest BCUT2D eigenvalue weighted by atomic mass is 9.47. The number of anilines is 2. The fraction of sp³-hybridized carbons (Fsp3) is 0.394. The van der Waals surface area contributed by atoms with E-state index in [9.17, 15) is 34.8 Å². The number of amides is 1. The molecule has 0 saturated heterocycles. The minimum absolute atomic E-state index is 0.0506. The summed E-state index contributed by atoms with van der Waals surface area (Å²) < 4.78 is 0. The lowest BCUT2D eigenvalue weighted by Gasteiger charge is -2.59. The quantitative estimate of drug-likeness (QED) is 0.1000. The molecule has 1 amide bonds. The molecule has 3 aliphatic rings. The molecule has 2 aromatic carbocycles. The van der Waals surface area contributed by atoms with Gasteiger partial charge in [0.1, 0.15) is 17.1 Å². The number of guanidine groups is 1. The van der Waals surface area contributed by atoms with Crippen LogP contribution in [0.1, 0.15) is 41.8 Å². The summed E-state index contributed by atoms with van der Waals surface area (Å²) in [5.41, 5.74) is 0.548. The van der Waals surface area contributed by atoms with E-state index in [0.717, 1.165) is 5.56 Å². The molecule has 13 heteroatoms. The fourth-order valence-electron chi connectivity index (χ4n) is 7.84. The predicted octanol–water partition coefficient (Wildman–Crippen LogP) is 2.10. The minimum Gasteiger partial charge on any atom is -0.510 e. The molecule has 0 aliphatic heterocycles. The van der Waals surface area contributed by atoms with Gasteiger partial charge in [-0.2, -0.15) is 0 Å².